The summed E-state index contributed by atoms with van der Waals surface area (Å²) in [4.78, 5) is 12.1. The summed E-state index contributed by atoms with van der Waals surface area (Å²) in [7, 11) is 0. The Morgan fingerprint density at radius 1 is 1.38 bits per heavy atom. The first-order chi connectivity index (χ1) is 9.90. The Bertz CT molecular complexity index is 664. The number of benzene rings is 1. The van der Waals surface area contributed by atoms with Gasteiger partial charge < -0.3 is 5.32 Å². The van der Waals surface area contributed by atoms with Crippen molar-refractivity contribution >= 4 is 21.8 Å². The van der Waals surface area contributed by atoms with Gasteiger partial charge in [0.25, 0.3) is 5.91 Å². The van der Waals surface area contributed by atoms with Gasteiger partial charge in [-0.25, -0.2) is 4.68 Å². The number of hydrogen-bond acceptors (Lipinski definition) is 3. The summed E-state index contributed by atoms with van der Waals surface area (Å²) in [5.41, 5.74) is 3.10. The van der Waals surface area contributed by atoms with Crippen molar-refractivity contribution in [3.63, 3.8) is 0 Å². The number of carbonyl (C=O) groups excluding carboxylic acids is 1. The molecule has 6 heteroatoms. The molecule has 0 radical (unpaired) electrons. The highest BCUT2D eigenvalue weighted by molar-refractivity contribution is 9.10. The summed E-state index contributed by atoms with van der Waals surface area (Å²) >= 11 is 3.47. The zero-order chi connectivity index (χ0) is 15.6. The Balaban J connectivity index is 2.27. The van der Waals surface area contributed by atoms with Crippen molar-refractivity contribution in [3.05, 3.63) is 39.6 Å². The first kappa shape index (κ1) is 15.7. The number of nitrogens with one attached hydrogen (secondary N) is 1. The number of rotatable bonds is 4. The van der Waals surface area contributed by atoms with Crippen LogP contribution in [0.15, 0.2) is 22.7 Å². The first-order valence-electron chi connectivity index (χ1n) is 6.87. The SMILES string of the molecule is Cc1cc(-n2nnc(C(=O)NCC(C)C)c2C)ccc1Br. The highest BCUT2D eigenvalue weighted by atomic mass is 79.9. The number of halogens is 1. The maximum atomic E-state index is 12.1. The summed E-state index contributed by atoms with van der Waals surface area (Å²) in [5.74, 6) is 0.222. The molecular weight excluding hydrogens is 332 g/mol. The molecule has 0 saturated carbocycles. The van der Waals surface area contributed by atoms with Crippen LogP contribution in [0.25, 0.3) is 5.69 Å². The normalized spacial score (nSPS) is 11.0. The lowest BCUT2D eigenvalue weighted by Crippen LogP contribution is -2.28. The van der Waals surface area contributed by atoms with Gasteiger partial charge in [0.15, 0.2) is 5.69 Å². The van der Waals surface area contributed by atoms with Crippen LogP contribution in [-0.4, -0.2) is 27.4 Å². The minimum atomic E-state index is -0.179. The second-order valence-electron chi connectivity index (χ2n) is 5.47. The molecule has 21 heavy (non-hydrogen) atoms. The Morgan fingerprint density at radius 3 is 2.71 bits per heavy atom. The smallest absolute Gasteiger partial charge is 0.273 e. The molecule has 5 nitrogen and oxygen atoms in total. The van der Waals surface area contributed by atoms with E-state index in [-0.39, 0.29) is 5.91 Å². The van der Waals surface area contributed by atoms with Crippen molar-refractivity contribution < 1.29 is 4.79 Å². The van der Waals surface area contributed by atoms with E-state index in [1.807, 2.05) is 32.0 Å². The lowest BCUT2D eigenvalue weighted by atomic mass is 10.2. The van der Waals surface area contributed by atoms with Gasteiger partial charge in [-0.15, -0.1) is 5.10 Å². The van der Waals surface area contributed by atoms with Gasteiger partial charge in [-0.3, -0.25) is 4.79 Å². The van der Waals surface area contributed by atoms with E-state index >= 15 is 0 Å². The molecule has 0 aliphatic heterocycles. The van der Waals surface area contributed by atoms with E-state index in [9.17, 15) is 4.79 Å². The molecule has 0 unspecified atom stereocenters. The Labute approximate surface area is 132 Å². The van der Waals surface area contributed by atoms with E-state index in [1.54, 1.807) is 4.68 Å². The van der Waals surface area contributed by atoms with Crippen LogP contribution in [0.5, 0.6) is 0 Å². The maximum absolute atomic E-state index is 12.1. The molecule has 0 aliphatic carbocycles. The first-order valence-corrected chi connectivity index (χ1v) is 7.66. The van der Waals surface area contributed by atoms with Crippen molar-refractivity contribution in [3.8, 4) is 5.69 Å². The number of carbonyl (C=O) groups is 1. The third kappa shape index (κ3) is 3.50. The van der Waals surface area contributed by atoms with Crippen LogP contribution in [0, 0.1) is 19.8 Å². The Kier molecular flexibility index (Phi) is 4.77. The molecule has 0 fully saturated rings. The number of amides is 1. The van der Waals surface area contributed by atoms with E-state index < -0.39 is 0 Å². The topological polar surface area (TPSA) is 59.8 Å². The molecule has 2 aromatic rings. The Hall–Kier alpha value is -1.69. The molecule has 112 valence electrons. The zero-order valence-electron chi connectivity index (χ0n) is 12.6. The average Bonchev–Trinajstić information content (AvgIpc) is 2.81. The number of nitrogens with zero attached hydrogens (tertiary/aromatic N) is 3. The van der Waals surface area contributed by atoms with Crippen molar-refractivity contribution in [2.45, 2.75) is 27.7 Å². The maximum Gasteiger partial charge on any atom is 0.273 e. The van der Waals surface area contributed by atoms with Gasteiger partial charge in [0, 0.05) is 11.0 Å². The summed E-state index contributed by atoms with van der Waals surface area (Å²) in [5, 5.41) is 11.0. The molecule has 1 aromatic heterocycles. The lowest BCUT2D eigenvalue weighted by Gasteiger charge is -2.07. The number of aromatic nitrogens is 3. The monoisotopic (exact) mass is 350 g/mol. The third-order valence-electron chi connectivity index (χ3n) is 3.17. The predicted molar refractivity (Wildman–Crippen MR) is 85.7 cm³/mol. The Morgan fingerprint density at radius 2 is 2.10 bits per heavy atom. The quantitative estimate of drug-likeness (QED) is 0.921. The second kappa shape index (κ2) is 6.39. The third-order valence-corrected chi connectivity index (χ3v) is 4.06. The molecule has 1 N–H and O–H groups in total. The average molecular weight is 351 g/mol. The molecule has 1 heterocycles. The fraction of sp³-hybridized carbons (Fsp3) is 0.400. The van der Waals surface area contributed by atoms with E-state index in [4.69, 9.17) is 0 Å². The van der Waals surface area contributed by atoms with Crippen LogP contribution >= 0.6 is 15.9 Å². The predicted octanol–water partition coefficient (Wildman–Crippen LogP) is 3.03. The minimum Gasteiger partial charge on any atom is -0.350 e. The number of hydrogen-bond donors (Lipinski definition) is 1. The molecule has 0 atom stereocenters. The lowest BCUT2D eigenvalue weighted by molar-refractivity contribution is 0.0943. The van der Waals surface area contributed by atoms with Crippen LogP contribution in [0.1, 0.15) is 35.6 Å². The van der Waals surface area contributed by atoms with Crippen molar-refractivity contribution in [1.29, 1.82) is 0 Å². The van der Waals surface area contributed by atoms with Crippen molar-refractivity contribution in [1.82, 2.24) is 20.3 Å². The van der Waals surface area contributed by atoms with Gasteiger partial charge in [0.1, 0.15) is 0 Å². The highest BCUT2D eigenvalue weighted by Gasteiger charge is 2.17. The highest BCUT2D eigenvalue weighted by Crippen LogP contribution is 2.20. The van der Waals surface area contributed by atoms with Crippen LogP contribution in [0.2, 0.25) is 0 Å². The molecule has 0 bridgehead atoms. The van der Waals surface area contributed by atoms with Crippen molar-refractivity contribution in [2.75, 3.05) is 6.54 Å². The van der Waals surface area contributed by atoms with E-state index in [1.165, 1.54) is 0 Å². The number of aryl methyl sites for hydroxylation is 1. The van der Waals surface area contributed by atoms with E-state index in [2.05, 4.69) is 45.4 Å². The molecule has 1 aromatic carbocycles. The standard InChI is InChI=1S/C15H19BrN4O/c1-9(2)8-17-15(21)14-11(4)20(19-18-14)12-5-6-13(16)10(3)7-12/h5-7,9H,8H2,1-4H3,(H,17,21). The molecule has 0 saturated heterocycles. The molecule has 0 aliphatic rings. The largest absolute Gasteiger partial charge is 0.350 e. The van der Waals surface area contributed by atoms with Gasteiger partial charge in [-0.2, -0.15) is 0 Å². The summed E-state index contributed by atoms with van der Waals surface area (Å²) in [6.07, 6.45) is 0. The van der Waals surface area contributed by atoms with Crippen LogP contribution in [-0.2, 0) is 0 Å². The van der Waals surface area contributed by atoms with Crippen molar-refractivity contribution in [2.24, 2.45) is 5.92 Å². The van der Waals surface area contributed by atoms with E-state index in [0.29, 0.717) is 18.2 Å². The molecule has 2 rings (SSSR count). The van der Waals surface area contributed by atoms with Gasteiger partial charge >= 0.3 is 0 Å². The van der Waals surface area contributed by atoms with Crippen LogP contribution in [0.4, 0.5) is 0 Å². The molecular formula is C15H19BrN4O. The fourth-order valence-corrected chi connectivity index (χ4v) is 2.17. The van der Waals surface area contributed by atoms with Crippen LogP contribution < -0.4 is 5.32 Å². The minimum absolute atomic E-state index is 0.179. The molecule has 0 spiro atoms. The van der Waals surface area contributed by atoms with Crippen LogP contribution in [0.3, 0.4) is 0 Å². The summed E-state index contributed by atoms with van der Waals surface area (Å²) in [6, 6.07) is 5.90. The second-order valence-corrected chi connectivity index (χ2v) is 6.33. The van der Waals surface area contributed by atoms with Gasteiger partial charge in [0.2, 0.25) is 0 Å². The van der Waals surface area contributed by atoms with Gasteiger partial charge in [-0.05, 0) is 43.5 Å². The van der Waals surface area contributed by atoms with E-state index in [0.717, 1.165) is 21.4 Å². The summed E-state index contributed by atoms with van der Waals surface area (Å²) < 4.78 is 2.72. The van der Waals surface area contributed by atoms with Gasteiger partial charge in [0.05, 0.1) is 11.4 Å². The summed E-state index contributed by atoms with van der Waals surface area (Å²) in [6.45, 7) is 8.59. The zero-order valence-corrected chi connectivity index (χ0v) is 14.2. The fourth-order valence-electron chi connectivity index (χ4n) is 1.93. The molecule has 1 amide bonds. The van der Waals surface area contributed by atoms with Gasteiger partial charge in [-0.1, -0.05) is 35.0 Å².